The van der Waals surface area contributed by atoms with Crippen molar-refractivity contribution in [1.29, 1.82) is 0 Å². The molecule has 0 saturated heterocycles. The fourth-order valence-corrected chi connectivity index (χ4v) is 1.26. The first-order chi connectivity index (χ1) is 6.74. The number of carbonyl (C=O) groups is 1. The lowest BCUT2D eigenvalue weighted by Gasteiger charge is -2.01. The van der Waals surface area contributed by atoms with Crippen molar-refractivity contribution < 1.29 is 9.53 Å². The fourth-order valence-electron chi connectivity index (χ4n) is 1.26. The van der Waals surface area contributed by atoms with Gasteiger partial charge in [-0.05, 0) is 30.5 Å². The summed E-state index contributed by atoms with van der Waals surface area (Å²) in [7, 11) is 1.69. The van der Waals surface area contributed by atoms with Crippen LogP contribution in [0.4, 0.5) is 0 Å². The molecule has 1 rings (SSSR count). The lowest BCUT2D eigenvalue weighted by Crippen LogP contribution is -2.10. The molecular formula is C11H15NO2. The van der Waals surface area contributed by atoms with E-state index in [9.17, 15) is 4.79 Å². The van der Waals surface area contributed by atoms with Crippen molar-refractivity contribution in [3.8, 4) is 0 Å². The SMILES string of the molecule is COCCCc1ccc(C(N)=O)cc1. The average Bonchev–Trinajstić information content (AvgIpc) is 2.19. The lowest BCUT2D eigenvalue weighted by molar-refractivity contribution is 0.100. The quantitative estimate of drug-likeness (QED) is 0.718. The minimum atomic E-state index is -0.381. The number of primary amides is 1. The van der Waals surface area contributed by atoms with E-state index >= 15 is 0 Å². The molecule has 1 aromatic carbocycles. The molecule has 0 atom stereocenters. The Morgan fingerprint density at radius 1 is 1.36 bits per heavy atom. The van der Waals surface area contributed by atoms with Crippen molar-refractivity contribution >= 4 is 5.91 Å². The molecule has 0 aliphatic rings. The third-order valence-electron chi connectivity index (χ3n) is 2.05. The second kappa shape index (κ2) is 5.40. The van der Waals surface area contributed by atoms with Crippen molar-refractivity contribution in [2.75, 3.05) is 13.7 Å². The molecule has 0 aliphatic heterocycles. The Balaban J connectivity index is 2.51. The summed E-state index contributed by atoms with van der Waals surface area (Å²) in [5, 5.41) is 0. The maximum Gasteiger partial charge on any atom is 0.248 e. The Hall–Kier alpha value is -1.35. The van der Waals surface area contributed by atoms with E-state index in [1.165, 1.54) is 5.56 Å². The predicted octanol–water partition coefficient (Wildman–Crippen LogP) is 1.36. The summed E-state index contributed by atoms with van der Waals surface area (Å²) in [5.74, 6) is -0.381. The van der Waals surface area contributed by atoms with Gasteiger partial charge in [-0.2, -0.15) is 0 Å². The zero-order valence-corrected chi connectivity index (χ0v) is 8.32. The summed E-state index contributed by atoms with van der Waals surface area (Å²) in [6.07, 6.45) is 1.96. The Morgan fingerprint density at radius 3 is 2.50 bits per heavy atom. The monoisotopic (exact) mass is 193 g/mol. The van der Waals surface area contributed by atoms with Crippen LogP contribution >= 0.6 is 0 Å². The van der Waals surface area contributed by atoms with Crippen molar-refractivity contribution in [2.45, 2.75) is 12.8 Å². The third kappa shape index (κ3) is 3.18. The molecule has 0 aromatic heterocycles. The van der Waals surface area contributed by atoms with Crippen LogP contribution in [0.5, 0.6) is 0 Å². The number of ether oxygens (including phenoxy) is 1. The Morgan fingerprint density at radius 2 is 2.00 bits per heavy atom. The molecule has 0 saturated carbocycles. The van der Waals surface area contributed by atoms with Gasteiger partial charge >= 0.3 is 0 Å². The molecule has 0 heterocycles. The van der Waals surface area contributed by atoms with Gasteiger partial charge < -0.3 is 10.5 Å². The van der Waals surface area contributed by atoms with Gasteiger partial charge in [0, 0.05) is 19.3 Å². The van der Waals surface area contributed by atoms with Gasteiger partial charge in [0.25, 0.3) is 0 Å². The Bertz CT molecular complexity index is 293. The van der Waals surface area contributed by atoms with E-state index in [4.69, 9.17) is 10.5 Å². The largest absolute Gasteiger partial charge is 0.385 e. The van der Waals surface area contributed by atoms with Gasteiger partial charge in [0.1, 0.15) is 0 Å². The van der Waals surface area contributed by atoms with Crippen molar-refractivity contribution in [1.82, 2.24) is 0 Å². The van der Waals surface area contributed by atoms with E-state index in [1.807, 2.05) is 12.1 Å². The minimum Gasteiger partial charge on any atom is -0.385 e. The van der Waals surface area contributed by atoms with E-state index in [-0.39, 0.29) is 5.91 Å². The smallest absolute Gasteiger partial charge is 0.248 e. The molecule has 0 bridgehead atoms. The van der Waals surface area contributed by atoms with Gasteiger partial charge in [0.15, 0.2) is 0 Å². The number of hydrogen-bond acceptors (Lipinski definition) is 2. The van der Waals surface area contributed by atoms with Gasteiger partial charge in [-0.25, -0.2) is 0 Å². The zero-order valence-electron chi connectivity index (χ0n) is 8.32. The number of hydrogen-bond donors (Lipinski definition) is 1. The van der Waals surface area contributed by atoms with Crippen LogP contribution in [0.15, 0.2) is 24.3 Å². The highest BCUT2D eigenvalue weighted by molar-refractivity contribution is 5.92. The molecule has 3 heteroatoms. The maximum atomic E-state index is 10.8. The van der Waals surface area contributed by atoms with Crippen LogP contribution < -0.4 is 5.73 Å². The third-order valence-corrected chi connectivity index (χ3v) is 2.05. The number of nitrogens with two attached hydrogens (primary N) is 1. The summed E-state index contributed by atoms with van der Waals surface area (Å²) in [6.45, 7) is 0.761. The van der Waals surface area contributed by atoms with Crippen LogP contribution in [0.2, 0.25) is 0 Å². The molecule has 3 nitrogen and oxygen atoms in total. The highest BCUT2D eigenvalue weighted by Crippen LogP contribution is 2.06. The number of amides is 1. The fraction of sp³-hybridized carbons (Fsp3) is 0.364. The molecule has 1 aromatic rings. The van der Waals surface area contributed by atoms with Crippen LogP contribution in [0.25, 0.3) is 0 Å². The summed E-state index contributed by atoms with van der Waals surface area (Å²) in [5.41, 5.74) is 6.88. The highest BCUT2D eigenvalue weighted by atomic mass is 16.5. The summed E-state index contributed by atoms with van der Waals surface area (Å²) in [6, 6.07) is 7.36. The molecule has 1 amide bonds. The second-order valence-electron chi connectivity index (χ2n) is 3.16. The maximum absolute atomic E-state index is 10.8. The number of aryl methyl sites for hydroxylation is 1. The first-order valence-electron chi connectivity index (χ1n) is 4.61. The minimum absolute atomic E-state index is 0.381. The van der Waals surface area contributed by atoms with Crippen LogP contribution in [0.1, 0.15) is 22.3 Å². The van der Waals surface area contributed by atoms with E-state index in [1.54, 1.807) is 19.2 Å². The molecule has 0 radical (unpaired) electrons. The summed E-state index contributed by atoms with van der Waals surface area (Å²) < 4.78 is 4.95. The first-order valence-corrected chi connectivity index (χ1v) is 4.61. The van der Waals surface area contributed by atoms with Gasteiger partial charge in [-0.15, -0.1) is 0 Å². The molecule has 0 unspecified atom stereocenters. The first kappa shape index (κ1) is 10.7. The second-order valence-corrected chi connectivity index (χ2v) is 3.16. The van der Waals surface area contributed by atoms with Gasteiger partial charge in [-0.3, -0.25) is 4.79 Å². The number of benzene rings is 1. The van der Waals surface area contributed by atoms with Crippen molar-refractivity contribution in [3.05, 3.63) is 35.4 Å². The number of carbonyl (C=O) groups excluding carboxylic acids is 1. The molecule has 0 fully saturated rings. The van der Waals surface area contributed by atoms with Crippen molar-refractivity contribution in [2.24, 2.45) is 5.73 Å². The molecule has 0 spiro atoms. The van der Waals surface area contributed by atoms with Crippen LogP contribution in [-0.4, -0.2) is 19.6 Å². The zero-order chi connectivity index (χ0) is 10.4. The van der Waals surface area contributed by atoms with E-state index in [0.717, 1.165) is 19.4 Å². The van der Waals surface area contributed by atoms with Gasteiger partial charge in [0.05, 0.1) is 0 Å². The Labute approximate surface area is 83.9 Å². The van der Waals surface area contributed by atoms with Crippen LogP contribution in [0.3, 0.4) is 0 Å². The molecular weight excluding hydrogens is 178 g/mol. The normalized spacial score (nSPS) is 10.1. The van der Waals surface area contributed by atoms with Gasteiger partial charge in [0.2, 0.25) is 5.91 Å². The van der Waals surface area contributed by atoms with Crippen LogP contribution in [0, 0.1) is 0 Å². The van der Waals surface area contributed by atoms with Crippen LogP contribution in [-0.2, 0) is 11.2 Å². The number of methoxy groups -OCH3 is 1. The standard InChI is InChI=1S/C11H15NO2/c1-14-8-2-3-9-4-6-10(7-5-9)11(12)13/h4-7H,2-3,8H2,1H3,(H2,12,13). The summed E-state index contributed by atoms with van der Waals surface area (Å²) in [4.78, 5) is 10.8. The summed E-state index contributed by atoms with van der Waals surface area (Å²) >= 11 is 0. The predicted molar refractivity (Wildman–Crippen MR) is 55.2 cm³/mol. The topological polar surface area (TPSA) is 52.3 Å². The Kier molecular flexibility index (Phi) is 4.13. The number of rotatable bonds is 5. The molecule has 76 valence electrons. The van der Waals surface area contributed by atoms with E-state index < -0.39 is 0 Å². The highest BCUT2D eigenvalue weighted by Gasteiger charge is 1.99. The molecule has 0 aliphatic carbocycles. The molecule has 14 heavy (non-hydrogen) atoms. The average molecular weight is 193 g/mol. The lowest BCUT2D eigenvalue weighted by atomic mass is 10.1. The van der Waals surface area contributed by atoms with E-state index in [0.29, 0.717) is 5.56 Å². The molecule has 2 N–H and O–H groups in total. The van der Waals surface area contributed by atoms with E-state index in [2.05, 4.69) is 0 Å². The van der Waals surface area contributed by atoms with Gasteiger partial charge in [-0.1, -0.05) is 12.1 Å². The van der Waals surface area contributed by atoms with Crippen molar-refractivity contribution in [3.63, 3.8) is 0 Å².